The van der Waals surface area contributed by atoms with Gasteiger partial charge in [-0.1, -0.05) is 18.6 Å². The quantitative estimate of drug-likeness (QED) is 0.416. The van der Waals surface area contributed by atoms with Crippen LogP contribution in [0.15, 0.2) is 36.4 Å². The SMILES string of the molecule is O=C(O)C[C@H]1CCc2c1[nH]c1ccc(OCc3ccc([C@H]4CCC[C@@H]4O)c(C(F)(F)F)c3)cc21. The summed E-state index contributed by atoms with van der Waals surface area (Å²) in [6, 6.07) is 9.72. The molecule has 8 heteroatoms. The second-order valence-electron chi connectivity index (χ2n) is 9.37. The number of carboxylic acids is 1. The van der Waals surface area contributed by atoms with Crippen LogP contribution in [-0.2, 0) is 24.0 Å². The van der Waals surface area contributed by atoms with Crippen LogP contribution in [-0.4, -0.2) is 27.3 Å². The van der Waals surface area contributed by atoms with Gasteiger partial charge in [0.25, 0.3) is 0 Å². The van der Waals surface area contributed by atoms with Crippen molar-refractivity contribution in [2.24, 2.45) is 0 Å². The van der Waals surface area contributed by atoms with Crippen molar-refractivity contribution < 1.29 is 32.9 Å². The maximum absolute atomic E-state index is 13.8. The fraction of sp³-hybridized carbons (Fsp3) is 0.423. The molecule has 0 bridgehead atoms. The molecule has 34 heavy (non-hydrogen) atoms. The third kappa shape index (κ3) is 4.27. The van der Waals surface area contributed by atoms with E-state index in [1.165, 1.54) is 6.07 Å². The first-order valence-corrected chi connectivity index (χ1v) is 11.6. The predicted octanol–water partition coefficient (Wildman–Crippen LogP) is 5.90. The van der Waals surface area contributed by atoms with Gasteiger partial charge in [-0.3, -0.25) is 4.79 Å². The molecule has 0 radical (unpaired) electrons. The third-order valence-electron chi connectivity index (χ3n) is 7.19. The van der Waals surface area contributed by atoms with Crippen molar-refractivity contribution >= 4 is 16.9 Å². The number of aliphatic hydroxyl groups excluding tert-OH is 1. The number of H-pyrrole nitrogens is 1. The van der Waals surface area contributed by atoms with Gasteiger partial charge in [0.15, 0.2) is 0 Å². The molecule has 1 aromatic heterocycles. The molecule has 3 atom stereocenters. The van der Waals surface area contributed by atoms with E-state index in [1.54, 1.807) is 12.1 Å². The van der Waals surface area contributed by atoms with Crippen molar-refractivity contribution in [2.45, 2.75) is 69.2 Å². The topological polar surface area (TPSA) is 82.5 Å². The fourth-order valence-corrected chi connectivity index (χ4v) is 5.57. The zero-order valence-corrected chi connectivity index (χ0v) is 18.5. The summed E-state index contributed by atoms with van der Waals surface area (Å²) in [7, 11) is 0. The molecular weight excluding hydrogens is 447 g/mol. The molecule has 0 saturated heterocycles. The van der Waals surface area contributed by atoms with E-state index in [2.05, 4.69) is 4.98 Å². The number of hydrogen-bond donors (Lipinski definition) is 3. The number of fused-ring (bicyclic) bond motifs is 3. The van der Waals surface area contributed by atoms with Gasteiger partial charge in [0.05, 0.1) is 18.1 Å². The Bertz CT molecular complexity index is 1230. The summed E-state index contributed by atoms with van der Waals surface area (Å²) in [4.78, 5) is 14.5. The Morgan fingerprint density at radius 1 is 1.12 bits per heavy atom. The van der Waals surface area contributed by atoms with Gasteiger partial charge in [-0.2, -0.15) is 13.2 Å². The normalized spacial score (nSPS) is 22.3. The number of halogens is 3. The van der Waals surface area contributed by atoms with Crippen LogP contribution >= 0.6 is 0 Å². The number of aliphatic carboxylic acids is 1. The second kappa shape index (κ2) is 8.65. The lowest BCUT2D eigenvalue weighted by atomic mass is 9.90. The van der Waals surface area contributed by atoms with Crippen LogP contribution < -0.4 is 4.74 Å². The second-order valence-corrected chi connectivity index (χ2v) is 9.37. The highest BCUT2D eigenvalue weighted by atomic mass is 19.4. The number of nitrogens with one attached hydrogen (secondary N) is 1. The molecule has 3 N–H and O–H groups in total. The maximum Gasteiger partial charge on any atom is 0.416 e. The van der Waals surface area contributed by atoms with E-state index >= 15 is 0 Å². The van der Waals surface area contributed by atoms with Gasteiger partial charge < -0.3 is 19.9 Å². The molecule has 0 amide bonds. The third-order valence-corrected chi connectivity index (χ3v) is 7.19. The highest BCUT2D eigenvalue weighted by molar-refractivity contribution is 5.87. The van der Waals surface area contributed by atoms with Gasteiger partial charge in [-0.15, -0.1) is 0 Å². The molecule has 180 valence electrons. The van der Waals surface area contributed by atoms with Gasteiger partial charge in [0.2, 0.25) is 0 Å². The molecule has 0 unspecified atom stereocenters. The van der Waals surface area contributed by atoms with E-state index in [0.29, 0.717) is 24.2 Å². The van der Waals surface area contributed by atoms with Crippen molar-refractivity contribution in [2.75, 3.05) is 0 Å². The number of aromatic nitrogens is 1. The monoisotopic (exact) mass is 473 g/mol. The smallest absolute Gasteiger partial charge is 0.416 e. The van der Waals surface area contributed by atoms with Crippen LogP contribution in [0.3, 0.4) is 0 Å². The van der Waals surface area contributed by atoms with E-state index in [1.807, 2.05) is 12.1 Å². The van der Waals surface area contributed by atoms with Crippen LogP contribution in [0, 0.1) is 0 Å². The molecule has 0 spiro atoms. The summed E-state index contributed by atoms with van der Waals surface area (Å²) in [5, 5.41) is 20.2. The standard InChI is InChI=1S/C26H26F3NO4/c27-26(28,29)21-10-14(4-7-17(21)18-2-1-3-23(18)31)13-34-16-6-9-22-20(12-16)19-8-5-15(11-24(32)33)25(19)30-22/h4,6-7,9-10,12,15,18,23,30-31H,1-3,5,8,11,13H2,(H,32,33)/t15-,18-,23+/m1/s1. The zero-order valence-electron chi connectivity index (χ0n) is 18.5. The molecule has 0 aliphatic heterocycles. The van der Waals surface area contributed by atoms with Crippen LogP contribution in [0.1, 0.15) is 71.9 Å². The number of benzene rings is 2. The maximum atomic E-state index is 13.8. The van der Waals surface area contributed by atoms with Crippen molar-refractivity contribution in [3.05, 3.63) is 64.3 Å². The van der Waals surface area contributed by atoms with E-state index in [9.17, 15) is 23.1 Å². The summed E-state index contributed by atoms with van der Waals surface area (Å²) in [6.07, 6.45) is -1.83. The molecule has 2 aliphatic carbocycles. The first kappa shape index (κ1) is 22.8. The Hall–Kier alpha value is -3.00. The van der Waals surface area contributed by atoms with Crippen molar-refractivity contribution in [1.82, 2.24) is 4.98 Å². The highest BCUT2D eigenvalue weighted by Crippen LogP contribution is 2.43. The largest absolute Gasteiger partial charge is 0.489 e. The van der Waals surface area contributed by atoms with Crippen LogP contribution in [0.25, 0.3) is 10.9 Å². The Morgan fingerprint density at radius 2 is 1.94 bits per heavy atom. The molecule has 5 rings (SSSR count). The van der Waals surface area contributed by atoms with Crippen molar-refractivity contribution in [3.63, 3.8) is 0 Å². The Labute approximate surface area is 194 Å². The van der Waals surface area contributed by atoms with Gasteiger partial charge in [0, 0.05) is 28.4 Å². The van der Waals surface area contributed by atoms with Crippen LogP contribution in [0.4, 0.5) is 13.2 Å². The molecule has 1 fully saturated rings. The Kier molecular flexibility index (Phi) is 5.80. The molecular formula is C26H26F3NO4. The summed E-state index contributed by atoms with van der Waals surface area (Å²) in [6.45, 7) is -0.0175. The van der Waals surface area contributed by atoms with E-state index < -0.39 is 29.7 Å². The average Bonchev–Trinajstić information content (AvgIpc) is 3.47. The van der Waals surface area contributed by atoms with E-state index in [0.717, 1.165) is 47.5 Å². The minimum absolute atomic E-state index is 0.0175. The summed E-state index contributed by atoms with van der Waals surface area (Å²) < 4.78 is 47.2. The Balaban J connectivity index is 1.36. The number of carbonyl (C=O) groups is 1. The van der Waals surface area contributed by atoms with Crippen molar-refractivity contribution in [1.29, 1.82) is 0 Å². The number of hydrogen-bond acceptors (Lipinski definition) is 3. The molecule has 3 aromatic rings. The van der Waals surface area contributed by atoms with Gasteiger partial charge in [-0.05, 0) is 66.6 Å². The average molecular weight is 473 g/mol. The van der Waals surface area contributed by atoms with E-state index in [4.69, 9.17) is 9.84 Å². The number of alkyl halides is 3. The van der Waals surface area contributed by atoms with E-state index in [-0.39, 0.29) is 24.5 Å². The number of carboxylic acid groups (broad SMARTS) is 1. The minimum Gasteiger partial charge on any atom is -0.489 e. The van der Waals surface area contributed by atoms with Crippen LogP contribution in [0.5, 0.6) is 5.75 Å². The van der Waals surface area contributed by atoms with Gasteiger partial charge in [-0.25, -0.2) is 0 Å². The number of ether oxygens (including phenoxy) is 1. The fourth-order valence-electron chi connectivity index (χ4n) is 5.57. The summed E-state index contributed by atoms with van der Waals surface area (Å²) in [5.74, 6) is -0.816. The predicted molar refractivity (Wildman–Crippen MR) is 120 cm³/mol. The summed E-state index contributed by atoms with van der Waals surface area (Å²) in [5.41, 5.74) is 2.79. The van der Waals surface area contributed by atoms with Gasteiger partial charge in [0.1, 0.15) is 12.4 Å². The Morgan fingerprint density at radius 3 is 2.65 bits per heavy atom. The van der Waals surface area contributed by atoms with Gasteiger partial charge >= 0.3 is 12.1 Å². The molecule has 5 nitrogen and oxygen atoms in total. The molecule has 1 heterocycles. The van der Waals surface area contributed by atoms with Crippen LogP contribution in [0.2, 0.25) is 0 Å². The molecule has 2 aliphatic rings. The lowest BCUT2D eigenvalue weighted by Gasteiger charge is -2.21. The molecule has 1 saturated carbocycles. The number of aliphatic hydroxyl groups is 1. The minimum atomic E-state index is -4.51. The zero-order chi connectivity index (χ0) is 24.0. The first-order chi connectivity index (χ1) is 16.2. The van der Waals surface area contributed by atoms with Crippen molar-refractivity contribution in [3.8, 4) is 5.75 Å². The lowest BCUT2D eigenvalue weighted by molar-refractivity contribution is -0.139. The highest BCUT2D eigenvalue weighted by Gasteiger charge is 2.38. The summed E-state index contributed by atoms with van der Waals surface area (Å²) >= 11 is 0. The molecule has 2 aromatic carbocycles. The first-order valence-electron chi connectivity index (χ1n) is 11.6. The lowest BCUT2D eigenvalue weighted by Crippen LogP contribution is -2.18. The number of aryl methyl sites for hydroxylation is 1. The number of rotatable bonds is 6. The number of aromatic amines is 1.